The molecule has 0 N–H and O–H groups in total. The van der Waals surface area contributed by atoms with Gasteiger partial charge in [0.05, 0.1) is 0 Å². The van der Waals surface area contributed by atoms with Gasteiger partial charge in [-0.05, 0) is 61.4 Å². The molecule has 0 aliphatic carbocycles. The molecule has 0 aliphatic heterocycles. The molecule has 1 rings (SSSR count). The first-order chi connectivity index (χ1) is 11.1. The topological polar surface area (TPSA) is 0 Å². The quantitative estimate of drug-likeness (QED) is 0.472. The Morgan fingerprint density at radius 3 is 2.22 bits per heavy atom. The van der Waals surface area contributed by atoms with Gasteiger partial charge in [-0.1, -0.05) is 82.4 Å². The Hall–Kier alpha value is -1.82. The molecular formula is C23H34. The monoisotopic (exact) mass is 310 g/mol. The summed E-state index contributed by atoms with van der Waals surface area (Å²) in [6.07, 6.45) is 12.8. The fourth-order valence-corrected chi connectivity index (χ4v) is 2.64. The van der Waals surface area contributed by atoms with Crippen LogP contribution in [-0.4, -0.2) is 0 Å². The maximum absolute atomic E-state index is 4.05. The van der Waals surface area contributed by atoms with Gasteiger partial charge in [-0.15, -0.1) is 0 Å². The highest BCUT2D eigenvalue weighted by atomic mass is 14.2. The number of hydrogen-bond acceptors (Lipinski definition) is 0. The molecule has 0 atom stereocenters. The summed E-state index contributed by atoms with van der Waals surface area (Å²) < 4.78 is 0. The van der Waals surface area contributed by atoms with E-state index in [4.69, 9.17) is 0 Å². The van der Waals surface area contributed by atoms with Crippen molar-refractivity contribution < 1.29 is 0 Å². The van der Waals surface area contributed by atoms with Crippen LogP contribution in [-0.2, 0) is 6.42 Å². The van der Waals surface area contributed by atoms with Crippen LogP contribution in [0.3, 0.4) is 0 Å². The lowest BCUT2D eigenvalue weighted by molar-refractivity contribution is 1.12. The Kier molecular flexibility index (Phi) is 10.8. The summed E-state index contributed by atoms with van der Waals surface area (Å²) in [5.41, 5.74) is 7.89. The zero-order valence-corrected chi connectivity index (χ0v) is 16.2. The van der Waals surface area contributed by atoms with E-state index in [0.29, 0.717) is 0 Å². The highest BCUT2D eigenvalue weighted by Gasteiger charge is 2.11. The highest BCUT2D eigenvalue weighted by molar-refractivity contribution is 5.84. The van der Waals surface area contributed by atoms with Gasteiger partial charge in [0.15, 0.2) is 0 Å². The molecule has 0 radical (unpaired) electrons. The van der Waals surface area contributed by atoms with E-state index >= 15 is 0 Å². The van der Waals surface area contributed by atoms with Crippen LogP contribution in [0.4, 0.5) is 0 Å². The van der Waals surface area contributed by atoms with Gasteiger partial charge in [0.25, 0.3) is 0 Å². The van der Waals surface area contributed by atoms with Gasteiger partial charge in [-0.25, -0.2) is 0 Å². The summed E-state index contributed by atoms with van der Waals surface area (Å²) in [7, 11) is 0. The first-order valence-corrected chi connectivity index (χ1v) is 8.85. The molecule has 0 bridgehead atoms. The van der Waals surface area contributed by atoms with Crippen LogP contribution in [0, 0.1) is 0 Å². The Morgan fingerprint density at radius 2 is 1.78 bits per heavy atom. The Balaban J connectivity index is 0.00000232. The van der Waals surface area contributed by atoms with Gasteiger partial charge in [0.2, 0.25) is 0 Å². The van der Waals surface area contributed by atoms with E-state index in [0.717, 1.165) is 12.8 Å². The van der Waals surface area contributed by atoms with Crippen molar-refractivity contribution in [3.05, 3.63) is 64.8 Å². The van der Waals surface area contributed by atoms with E-state index < -0.39 is 0 Å². The standard InChI is InChI=1S/C21H28.C2H6/c1-7-11-13-20(16(5)6)21-15-14-17(12-8-2)18(9-3)19(21)10-4;1-2/h8,10-15H,4,7,9H2,1-3,5-6H3;1-2H3/b12-8-,13-11-;. The van der Waals surface area contributed by atoms with E-state index in [-0.39, 0.29) is 0 Å². The summed E-state index contributed by atoms with van der Waals surface area (Å²) in [4.78, 5) is 0. The van der Waals surface area contributed by atoms with Crippen LogP contribution in [0.2, 0.25) is 0 Å². The molecule has 0 spiro atoms. The average Bonchev–Trinajstić information content (AvgIpc) is 2.57. The summed E-state index contributed by atoms with van der Waals surface area (Å²) in [6.45, 7) is 18.8. The molecule has 0 aliphatic rings. The highest BCUT2D eigenvalue weighted by Crippen LogP contribution is 2.30. The van der Waals surface area contributed by atoms with Gasteiger partial charge in [-0.2, -0.15) is 0 Å². The molecule has 126 valence electrons. The lowest BCUT2D eigenvalue weighted by atomic mass is 9.88. The largest absolute Gasteiger partial charge is 0.0984 e. The van der Waals surface area contributed by atoms with Gasteiger partial charge < -0.3 is 0 Å². The maximum Gasteiger partial charge on any atom is -0.0109 e. The van der Waals surface area contributed by atoms with Crippen molar-refractivity contribution in [3.8, 4) is 0 Å². The van der Waals surface area contributed by atoms with Crippen molar-refractivity contribution in [2.45, 2.75) is 61.3 Å². The van der Waals surface area contributed by atoms with Gasteiger partial charge >= 0.3 is 0 Å². The van der Waals surface area contributed by atoms with Gasteiger partial charge in [0.1, 0.15) is 0 Å². The number of benzene rings is 1. The second kappa shape index (κ2) is 11.7. The molecule has 0 saturated heterocycles. The zero-order valence-electron chi connectivity index (χ0n) is 16.2. The van der Waals surface area contributed by atoms with E-state index in [1.165, 1.54) is 33.4 Å². The third-order valence-corrected chi connectivity index (χ3v) is 3.65. The second-order valence-corrected chi connectivity index (χ2v) is 5.38. The molecule has 0 saturated carbocycles. The minimum atomic E-state index is 1.02. The SMILES string of the molecule is C=Cc1c(C(/C=C\CC)=C(C)C)ccc(/C=C\C)c1CC.CC. The molecule has 0 fully saturated rings. The summed E-state index contributed by atoms with van der Waals surface area (Å²) >= 11 is 0. The van der Waals surface area contributed by atoms with E-state index in [9.17, 15) is 0 Å². The lowest BCUT2D eigenvalue weighted by Crippen LogP contribution is -1.98. The predicted octanol–water partition coefficient (Wildman–Crippen LogP) is 7.71. The molecule has 23 heavy (non-hydrogen) atoms. The maximum atomic E-state index is 4.05. The average molecular weight is 311 g/mol. The number of rotatable bonds is 6. The van der Waals surface area contributed by atoms with Gasteiger partial charge in [0, 0.05) is 0 Å². The third kappa shape index (κ3) is 5.71. The van der Waals surface area contributed by atoms with E-state index in [1.807, 2.05) is 19.9 Å². The minimum Gasteiger partial charge on any atom is -0.0984 e. The van der Waals surface area contributed by atoms with Crippen molar-refractivity contribution in [2.75, 3.05) is 0 Å². The molecule has 0 amide bonds. The molecule has 0 aromatic heterocycles. The minimum absolute atomic E-state index is 1.02. The fraction of sp³-hybridized carbons (Fsp3) is 0.391. The van der Waals surface area contributed by atoms with Crippen LogP contribution in [0.5, 0.6) is 0 Å². The van der Waals surface area contributed by atoms with Crippen molar-refractivity contribution in [1.82, 2.24) is 0 Å². The summed E-state index contributed by atoms with van der Waals surface area (Å²) in [5, 5.41) is 0. The van der Waals surface area contributed by atoms with Crippen LogP contribution in [0.1, 0.15) is 77.1 Å². The van der Waals surface area contributed by atoms with Crippen molar-refractivity contribution in [1.29, 1.82) is 0 Å². The molecule has 1 aromatic rings. The summed E-state index contributed by atoms with van der Waals surface area (Å²) in [6, 6.07) is 4.46. The zero-order chi connectivity index (χ0) is 17.8. The predicted molar refractivity (Wildman–Crippen MR) is 110 cm³/mol. The third-order valence-electron chi connectivity index (χ3n) is 3.65. The number of allylic oxidation sites excluding steroid dienone is 5. The van der Waals surface area contributed by atoms with Gasteiger partial charge in [-0.3, -0.25) is 0 Å². The number of hydrogen-bond donors (Lipinski definition) is 0. The van der Waals surface area contributed by atoms with Crippen LogP contribution in [0.25, 0.3) is 17.7 Å². The molecule has 0 nitrogen and oxygen atoms in total. The Morgan fingerprint density at radius 1 is 1.13 bits per heavy atom. The van der Waals surface area contributed by atoms with E-state index in [2.05, 4.69) is 77.6 Å². The first-order valence-electron chi connectivity index (χ1n) is 8.85. The van der Waals surface area contributed by atoms with E-state index in [1.54, 1.807) is 0 Å². The van der Waals surface area contributed by atoms with Crippen molar-refractivity contribution in [2.24, 2.45) is 0 Å². The smallest absolute Gasteiger partial charge is 0.0109 e. The Bertz CT molecular complexity index is 576. The first kappa shape index (κ1) is 21.2. The second-order valence-electron chi connectivity index (χ2n) is 5.38. The Labute approximate surface area is 144 Å². The van der Waals surface area contributed by atoms with Crippen LogP contribution in [0.15, 0.2) is 42.5 Å². The summed E-state index contributed by atoms with van der Waals surface area (Å²) in [5.74, 6) is 0. The van der Waals surface area contributed by atoms with Crippen molar-refractivity contribution >= 4 is 17.7 Å². The van der Waals surface area contributed by atoms with Crippen LogP contribution < -0.4 is 0 Å². The molecule has 1 aromatic carbocycles. The normalized spacial score (nSPS) is 10.6. The molecule has 0 unspecified atom stereocenters. The molecule has 0 heterocycles. The lowest BCUT2D eigenvalue weighted by Gasteiger charge is -2.16. The molecular weight excluding hydrogens is 276 g/mol. The van der Waals surface area contributed by atoms with Crippen molar-refractivity contribution in [3.63, 3.8) is 0 Å². The fourth-order valence-electron chi connectivity index (χ4n) is 2.64. The van der Waals surface area contributed by atoms with Crippen LogP contribution >= 0.6 is 0 Å². The molecule has 0 heteroatoms.